The maximum atomic E-state index is 12.1. The molecule has 0 aliphatic carbocycles. The first-order valence-corrected chi connectivity index (χ1v) is 5.36. The van der Waals surface area contributed by atoms with Gasteiger partial charge in [-0.3, -0.25) is 14.7 Å². The van der Waals surface area contributed by atoms with Crippen molar-refractivity contribution in [1.29, 1.82) is 0 Å². The van der Waals surface area contributed by atoms with Crippen molar-refractivity contribution in [3.05, 3.63) is 53.4 Å². The number of pyridine rings is 2. The van der Waals surface area contributed by atoms with E-state index in [4.69, 9.17) is 11.6 Å². The summed E-state index contributed by atoms with van der Waals surface area (Å²) in [6.07, 6.45) is 4.61. The molecule has 0 unspecified atom stereocenters. The monoisotopic (exact) mass is 247 g/mol. The molecule has 0 aliphatic rings. The van der Waals surface area contributed by atoms with Crippen molar-refractivity contribution < 1.29 is 4.79 Å². The first-order valence-electron chi connectivity index (χ1n) is 4.99. The van der Waals surface area contributed by atoms with Crippen LogP contribution in [0.1, 0.15) is 10.4 Å². The van der Waals surface area contributed by atoms with E-state index in [0.717, 1.165) is 0 Å². The van der Waals surface area contributed by atoms with E-state index in [9.17, 15) is 4.79 Å². The van der Waals surface area contributed by atoms with Crippen molar-refractivity contribution in [1.82, 2.24) is 9.97 Å². The van der Waals surface area contributed by atoms with Gasteiger partial charge in [-0.15, -0.1) is 0 Å². The van der Waals surface area contributed by atoms with Gasteiger partial charge in [-0.05, 0) is 18.2 Å². The molecule has 0 fully saturated rings. The van der Waals surface area contributed by atoms with Crippen LogP contribution in [0.15, 0.2) is 42.9 Å². The Balaban J connectivity index is 2.30. The van der Waals surface area contributed by atoms with Gasteiger partial charge in [0.05, 0.1) is 10.6 Å². The zero-order valence-electron chi connectivity index (χ0n) is 9.17. The van der Waals surface area contributed by atoms with Crippen LogP contribution in [-0.2, 0) is 0 Å². The summed E-state index contributed by atoms with van der Waals surface area (Å²) in [6, 6.07) is 6.96. The fourth-order valence-electron chi connectivity index (χ4n) is 1.39. The van der Waals surface area contributed by atoms with Crippen LogP contribution in [0.3, 0.4) is 0 Å². The maximum Gasteiger partial charge on any atom is 0.260 e. The number of carbonyl (C=O) groups is 1. The van der Waals surface area contributed by atoms with Crippen LogP contribution in [0.4, 0.5) is 5.82 Å². The topological polar surface area (TPSA) is 46.1 Å². The van der Waals surface area contributed by atoms with Crippen LogP contribution >= 0.6 is 11.6 Å². The summed E-state index contributed by atoms with van der Waals surface area (Å²) in [5, 5.41) is 0.334. The van der Waals surface area contributed by atoms with E-state index in [1.54, 1.807) is 31.4 Å². The Morgan fingerprint density at radius 1 is 1.29 bits per heavy atom. The molecule has 5 heteroatoms. The molecule has 2 aromatic heterocycles. The Morgan fingerprint density at radius 2 is 2.12 bits per heavy atom. The zero-order chi connectivity index (χ0) is 12.3. The SMILES string of the molecule is CN(C(=O)c1ccncc1Cl)c1ccccn1. The molecule has 0 aromatic carbocycles. The van der Waals surface area contributed by atoms with Crippen LogP contribution in [-0.4, -0.2) is 22.9 Å². The normalized spacial score (nSPS) is 10.0. The number of anilines is 1. The van der Waals surface area contributed by atoms with Crippen molar-refractivity contribution in [2.75, 3.05) is 11.9 Å². The number of aromatic nitrogens is 2. The summed E-state index contributed by atoms with van der Waals surface area (Å²) in [5.74, 6) is 0.362. The number of halogens is 1. The molecule has 17 heavy (non-hydrogen) atoms. The van der Waals surface area contributed by atoms with Gasteiger partial charge in [0, 0.05) is 25.6 Å². The number of carbonyl (C=O) groups excluding carboxylic acids is 1. The average molecular weight is 248 g/mol. The molecule has 86 valence electrons. The van der Waals surface area contributed by atoms with Gasteiger partial charge in [-0.2, -0.15) is 0 Å². The largest absolute Gasteiger partial charge is 0.296 e. The fraction of sp³-hybridized carbons (Fsp3) is 0.0833. The molecule has 0 spiro atoms. The Morgan fingerprint density at radius 3 is 2.76 bits per heavy atom. The summed E-state index contributed by atoms with van der Waals surface area (Å²) in [5.41, 5.74) is 0.412. The first-order chi connectivity index (χ1) is 8.20. The Hall–Kier alpha value is -1.94. The Kier molecular flexibility index (Phi) is 3.35. The molecule has 0 aliphatic heterocycles. The number of hydrogen-bond acceptors (Lipinski definition) is 3. The number of rotatable bonds is 2. The highest BCUT2D eigenvalue weighted by Crippen LogP contribution is 2.18. The minimum absolute atomic E-state index is 0.212. The Labute approximate surface area is 104 Å². The molecular formula is C12H10ClN3O. The van der Waals surface area contributed by atoms with E-state index in [1.165, 1.54) is 17.3 Å². The minimum Gasteiger partial charge on any atom is -0.296 e. The van der Waals surface area contributed by atoms with E-state index in [2.05, 4.69) is 9.97 Å². The number of amides is 1. The van der Waals surface area contributed by atoms with Crippen molar-refractivity contribution in [3.8, 4) is 0 Å². The quantitative estimate of drug-likeness (QED) is 0.819. The summed E-state index contributed by atoms with van der Waals surface area (Å²) in [7, 11) is 1.65. The lowest BCUT2D eigenvalue weighted by atomic mass is 10.2. The molecule has 2 heterocycles. The average Bonchev–Trinajstić information content (AvgIpc) is 2.39. The summed E-state index contributed by atoms with van der Waals surface area (Å²) in [4.78, 5) is 21.5. The highest BCUT2D eigenvalue weighted by molar-refractivity contribution is 6.34. The molecule has 0 radical (unpaired) electrons. The lowest BCUT2D eigenvalue weighted by molar-refractivity contribution is 0.0992. The second-order valence-corrected chi connectivity index (χ2v) is 3.81. The summed E-state index contributed by atoms with van der Waals surface area (Å²) >= 11 is 5.92. The van der Waals surface area contributed by atoms with Crippen LogP contribution in [0.25, 0.3) is 0 Å². The van der Waals surface area contributed by atoms with E-state index >= 15 is 0 Å². The van der Waals surface area contributed by atoms with E-state index in [1.807, 2.05) is 6.07 Å². The molecule has 0 N–H and O–H groups in total. The van der Waals surface area contributed by atoms with Gasteiger partial charge in [-0.25, -0.2) is 4.98 Å². The van der Waals surface area contributed by atoms with E-state index in [0.29, 0.717) is 16.4 Å². The van der Waals surface area contributed by atoms with E-state index in [-0.39, 0.29) is 5.91 Å². The lowest BCUT2D eigenvalue weighted by Gasteiger charge is -2.16. The van der Waals surface area contributed by atoms with Crippen molar-refractivity contribution in [3.63, 3.8) is 0 Å². The molecular weight excluding hydrogens is 238 g/mol. The van der Waals surface area contributed by atoms with Gasteiger partial charge in [0.1, 0.15) is 5.82 Å². The molecule has 0 saturated carbocycles. The standard InChI is InChI=1S/C12H10ClN3O/c1-16(11-4-2-3-6-15-11)12(17)9-5-7-14-8-10(9)13/h2-8H,1H3. The van der Waals surface area contributed by atoms with Crippen molar-refractivity contribution in [2.24, 2.45) is 0 Å². The van der Waals surface area contributed by atoms with Crippen molar-refractivity contribution >= 4 is 23.3 Å². The van der Waals surface area contributed by atoms with Crippen molar-refractivity contribution in [2.45, 2.75) is 0 Å². The van der Waals surface area contributed by atoms with Crippen LogP contribution in [0.2, 0.25) is 5.02 Å². The minimum atomic E-state index is -0.212. The molecule has 0 atom stereocenters. The van der Waals surface area contributed by atoms with Gasteiger partial charge in [-0.1, -0.05) is 17.7 Å². The number of nitrogens with zero attached hydrogens (tertiary/aromatic N) is 3. The number of hydrogen-bond donors (Lipinski definition) is 0. The highest BCUT2D eigenvalue weighted by Gasteiger charge is 2.16. The molecule has 0 saturated heterocycles. The molecule has 1 amide bonds. The van der Waals surface area contributed by atoms with Gasteiger partial charge >= 0.3 is 0 Å². The molecule has 2 rings (SSSR count). The first kappa shape index (κ1) is 11.5. The van der Waals surface area contributed by atoms with E-state index < -0.39 is 0 Å². The van der Waals surface area contributed by atoms with Crippen LogP contribution in [0.5, 0.6) is 0 Å². The third-order valence-corrected chi connectivity index (χ3v) is 2.60. The van der Waals surface area contributed by atoms with Crippen LogP contribution in [0, 0.1) is 0 Å². The van der Waals surface area contributed by atoms with Gasteiger partial charge < -0.3 is 0 Å². The second-order valence-electron chi connectivity index (χ2n) is 3.41. The third kappa shape index (κ3) is 2.42. The predicted molar refractivity (Wildman–Crippen MR) is 66.2 cm³/mol. The van der Waals surface area contributed by atoms with Crippen LogP contribution < -0.4 is 4.90 Å². The molecule has 0 bridgehead atoms. The summed E-state index contributed by atoms with van der Waals surface area (Å²) < 4.78 is 0. The van der Waals surface area contributed by atoms with Gasteiger partial charge in [0.25, 0.3) is 5.91 Å². The Bertz CT molecular complexity index is 530. The van der Waals surface area contributed by atoms with Gasteiger partial charge in [0.2, 0.25) is 0 Å². The lowest BCUT2D eigenvalue weighted by Crippen LogP contribution is -2.27. The third-order valence-electron chi connectivity index (χ3n) is 2.30. The summed E-state index contributed by atoms with van der Waals surface area (Å²) in [6.45, 7) is 0. The zero-order valence-corrected chi connectivity index (χ0v) is 9.93. The second kappa shape index (κ2) is 4.93. The molecule has 4 nitrogen and oxygen atoms in total. The predicted octanol–water partition coefficient (Wildman–Crippen LogP) is 2.41. The molecule has 2 aromatic rings. The fourth-order valence-corrected chi connectivity index (χ4v) is 1.59. The van der Waals surface area contributed by atoms with Gasteiger partial charge in [0.15, 0.2) is 0 Å². The maximum absolute atomic E-state index is 12.1. The highest BCUT2D eigenvalue weighted by atomic mass is 35.5. The smallest absolute Gasteiger partial charge is 0.260 e.